The van der Waals surface area contributed by atoms with E-state index in [1.54, 1.807) is 35.2 Å². The van der Waals surface area contributed by atoms with Crippen LogP contribution in [0, 0.1) is 5.92 Å². The highest BCUT2D eigenvalue weighted by Crippen LogP contribution is 2.22. The fourth-order valence-electron chi connectivity index (χ4n) is 3.03. The number of carbonyl (C=O) groups is 3. The maximum absolute atomic E-state index is 12.5. The summed E-state index contributed by atoms with van der Waals surface area (Å²) < 4.78 is 4.95. The fraction of sp³-hybridized carbons (Fsp3) is 0.316. The summed E-state index contributed by atoms with van der Waals surface area (Å²) in [5, 5.41) is 8.02. The number of hydrogen-bond acceptors (Lipinski definition) is 4. The highest BCUT2D eigenvalue weighted by molar-refractivity contribution is 5.96. The molecule has 1 aliphatic heterocycles. The molecule has 0 atom stereocenters. The number of rotatable bonds is 4. The van der Waals surface area contributed by atoms with Crippen LogP contribution < -0.4 is 16.0 Å². The van der Waals surface area contributed by atoms with E-state index in [2.05, 4.69) is 16.0 Å². The minimum atomic E-state index is -0.326. The van der Waals surface area contributed by atoms with Gasteiger partial charge in [-0.3, -0.25) is 9.59 Å². The van der Waals surface area contributed by atoms with Gasteiger partial charge in [-0.15, -0.1) is 0 Å². The lowest BCUT2D eigenvalue weighted by Gasteiger charge is -2.31. The van der Waals surface area contributed by atoms with Gasteiger partial charge in [-0.25, -0.2) is 4.79 Å². The second-order valence-corrected chi connectivity index (χ2v) is 6.35. The first kappa shape index (κ1) is 18.5. The Bertz CT molecular complexity index is 811. The van der Waals surface area contributed by atoms with E-state index in [0.717, 1.165) is 0 Å². The van der Waals surface area contributed by atoms with Gasteiger partial charge < -0.3 is 25.3 Å². The van der Waals surface area contributed by atoms with Gasteiger partial charge in [0.15, 0.2) is 0 Å². The Balaban J connectivity index is 1.53. The molecule has 3 rings (SSSR count). The number of anilines is 2. The number of urea groups is 1. The van der Waals surface area contributed by atoms with Gasteiger partial charge in [0, 0.05) is 37.4 Å². The number of furan rings is 1. The van der Waals surface area contributed by atoms with Gasteiger partial charge in [-0.2, -0.15) is 0 Å². The number of nitrogens with one attached hydrogen (secondary N) is 3. The van der Waals surface area contributed by atoms with Crippen LogP contribution in [0.4, 0.5) is 16.2 Å². The molecule has 0 saturated carbocycles. The highest BCUT2D eigenvalue weighted by atomic mass is 16.3. The minimum Gasteiger partial charge on any atom is -0.472 e. The van der Waals surface area contributed by atoms with Crippen molar-refractivity contribution in [1.82, 2.24) is 10.2 Å². The van der Waals surface area contributed by atoms with Crippen molar-refractivity contribution in [2.75, 3.05) is 30.8 Å². The Morgan fingerprint density at radius 3 is 2.41 bits per heavy atom. The van der Waals surface area contributed by atoms with Crippen molar-refractivity contribution >= 4 is 29.2 Å². The number of piperidine rings is 1. The van der Waals surface area contributed by atoms with Crippen LogP contribution in [-0.4, -0.2) is 42.9 Å². The van der Waals surface area contributed by atoms with Crippen molar-refractivity contribution in [2.24, 2.45) is 5.92 Å². The standard InChI is InChI=1S/C19H22N4O4/c1-20-19(26)22-16-4-2-3-15(11-16)21-17(24)13-5-8-23(9-6-13)18(25)14-7-10-27-12-14/h2-4,7,10-13H,5-6,8-9H2,1H3,(H,21,24)(H2,20,22,26). The van der Waals surface area contributed by atoms with E-state index >= 15 is 0 Å². The Kier molecular flexibility index (Phi) is 5.75. The van der Waals surface area contributed by atoms with Gasteiger partial charge in [0.05, 0.1) is 11.8 Å². The summed E-state index contributed by atoms with van der Waals surface area (Å²) in [6, 6.07) is 8.28. The van der Waals surface area contributed by atoms with Crippen LogP contribution in [0.25, 0.3) is 0 Å². The number of nitrogens with zero attached hydrogens (tertiary/aromatic N) is 1. The molecular formula is C19H22N4O4. The molecule has 1 aliphatic rings. The molecule has 1 saturated heterocycles. The zero-order valence-corrected chi connectivity index (χ0v) is 15.0. The Morgan fingerprint density at radius 1 is 1.07 bits per heavy atom. The summed E-state index contributed by atoms with van der Waals surface area (Å²) in [4.78, 5) is 38.0. The molecular weight excluding hydrogens is 348 g/mol. The smallest absolute Gasteiger partial charge is 0.318 e. The number of amides is 4. The molecule has 8 heteroatoms. The maximum Gasteiger partial charge on any atom is 0.318 e. The largest absolute Gasteiger partial charge is 0.472 e. The van der Waals surface area contributed by atoms with E-state index in [-0.39, 0.29) is 23.8 Å². The molecule has 0 radical (unpaired) electrons. The Morgan fingerprint density at radius 2 is 1.78 bits per heavy atom. The number of likely N-dealkylation sites (tertiary alicyclic amines) is 1. The van der Waals surface area contributed by atoms with Crippen LogP contribution in [-0.2, 0) is 4.79 Å². The zero-order valence-electron chi connectivity index (χ0n) is 15.0. The summed E-state index contributed by atoms with van der Waals surface area (Å²) in [7, 11) is 1.53. The summed E-state index contributed by atoms with van der Waals surface area (Å²) in [5.74, 6) is -0.313. The molecule has 1 aromatic carbocycles. The fourth-order valence-corrected chi connectivity index (χ4v) is 3.03. The van der Waals surface area contributed by atoms with E-state index in [1.165, 1.54) is 19.6 Å². The van der Waals surface area contributed by atoms with Gasteiger partial charge in [0.2, 0.25) is 5.91 Å². The van der Waals surface area contributed by atoms with Gasteiger partial charge in [-0.1, -0.05) is 6.07 Å². The first-order valence-corrected chi connectivity index (χ1v) is 8.78. The first-order chi connectivity index (χ1) is 13.1. The number of hydrogen-bond donors (Lipinski definition) is 3. The van der Waals surface area contributed by atoms with Crippen molar-refractivity contribution in [3.63, 3.8) is 0 Å². The first-order valence-electron chi connectivity index (χ1n) is 8.78. The summed E-state index contributed by atoms with van der Waals surface area (Å²) in [6.07, 6.45) is 4.11. The van der Waals surface area contributed by atoms with Crippen molar-refractivity contribution in [3.8, 4) is 0 Å². The van der Waals surface area contributed by atoms with Crippen molar-refractivity contribution in [3.05, 3.63) is 48.4 Å². The monoisotopic (exact) mass is 370 g/mol. The molecule has 0 spiro atoms. The van der Waals surface area contributed by atoms with Gasteiger partial charge >= 0.3 is 6.03 Å². The molecule has 8 nitrogen and oxygen atoms in total. The molecule has 0 unspecified atom stereocenters. The lowest BCUT2D eigenvalue weighted by Crippen LogP contribution is -2.41. The Labute approximate surface area is 156 Å². The quantitative estimate of drug-likeness (QED) is 0.769. The van der Waals surface area contributed by atoms with E-state index in [4.69, 9.17) is 4.42 Å². The van der Waals surface area contributed by atoms with Crippen LogP contribution in [0.3, 0.4) is 0 Å². The van der Waals surface area contributed by atoms with Crippen LogP contribution in [0.2, 0.25) is 0 Å². The van der Waals surface area contributed by atoms with Crippen molar-refractivity contribution in [1.29, 1.82) is 0 Å². The SMILES string of the molecule is CNC(=O)Nc1cccc(NC(=O)C2CCN(C(=O)c3ccoc3)CC2)c1. The molecule has 3 N–H and O–H groups in total. The molecule has 2 aromatic rings. The molecule has 27 heavy (non-hydrogen) atoms. The lowest BCUT2D eigenvalue weighted by atomic mass is 9.95. The predicted octanol–water partition coefficient (Wildman–Crippen LogP) is 2.52. The van der Waals surface area contributed by atoms with Crippen LogP contribution in [0.1, 0.15) is 23.2 Å². The Hall–Kier alpha value is -3.29. The summed E-state index contributed by atoms with van der Waals surface area (Å²) in [6.45, 7) is 1.06. The molecule has 1 fully saturated rings. The van der Waals surface area contributed by atoms with E-state index in [1.807, 2.05) is 0 Å². The number of carbonyl (C=O) groups excluding carboxylic acids is 3. The average Bonchev–Trinajstić information content (AvgIpc) is 3.22. The number of benzene rings is 1. The second-order valence-electron chi connectivity index (χ2n) is 6.35. The van der Waals surface area contributed by atoms with Crippen LogP contribution in [0.15, 0.2) is 47.3 Å². The molecule has 2 heterocycles. The molecule has 0 bridgehead atoms. The van der Waals surface area contributed by atoms with E-state index < -0.39 is 0 Å². The van der Waals surface area contributed by atoms with Crippen molar-refractivity contribution < 1.29 is 18.8 Å². The lowest BCUT2D eigenvalue weighted by molar-refractivity contribution is -0.121. The minimum absolute atomic E-state index is 0.0735. The van der Waals surface area contributed by atoms with Gasteiger partial charge in [-0.05, 0) is 37.1 Å². The van der Waals surface area contributed by atoms with E-state index in [9.17, 15) is 14.4 Å². The maximum atomic E-state index is 12.5. The third-order valence-electron chi connectivity index (χ3n) is 4.54. The molecule has 0 aliphatic carbocycles. The van der Waals surface area contributed by atoms with Crippen molar-refractivity contribution in [2.45, 2.75) is 12.8 Å². The predicted molar refractivity (Wildman–Crippen MR) is 100 cm³/mol. The van der Waals surface area contributed by atoms with Crippen LogP contribution in [0.5, 0.6) is 0 Å². The average molecular weight is 370 g/mol. The van der Waals surface area contributed by atoms with E-state index in [0.29, 0.717) is 42.9 Å². The molecule has 1 aromatic heterocycles. The summed E-state index contributed by atoms with van der Waals surface area (Å²) >= 11 is 0. The topological polar surface area (TPSA) is 104 Å². The highest BCUT2D eigenvalue weighted by Gasteiger charge is 2.28. The molecule has 142 valence electrons. The third-order valence-corrected chi connectivity index (χ3v) is 4.54. The third kappa shape index (κ3) is 4.66. The summed E-state index contributed by atoms with van der Waals surface area (Å²) in [5.41, 5.74) is 1.73. The van der Waals surface area contributed by atoms with Crippen LogP contribution >= 0.6 is 0 Å². The normalized spacial score (nSPS) is 14.5. The zero-order chi connectivity index (χ0) is 19.2. The van der Waals surface area contributed by atoms with Gasteiger partial charge in [0.25, 0.3) is 5.91 Å². The second kappa shape index (κ2) is 8.39. The van der Waals surface area contributed by atoms with Gasteiger partial charge in [0.1, 0.15) is 6.26 Å². The molecule has 4 amide bonds.